The fourth-order valence-corrected chi connectivity index (χ4v) is 1.45. The van der Waals surface area contributed by atoms with Crippen LogP contribution in [-0.4, -0.2) is 18.1 Å². The number of hydrogen-bond acceptors (Lipinski definition) is 4. The number of nitrogens with one attached hydrogen (secondary N) is 1. The molecule has 1 rings (SSSR count). The van der Waals surface area contributed by atoms with Gasteiger partial charge >= 0.3 is 0 Å². The van der Waals surface area contributed by atoms with E-state index in [9.17, 15) is 0 Å². The van der Waals surface area contributed by atoms with Crippen LogP contribution in [0.4, 0.5) is 0 Å². The molecule has 0 radical (unpaired) electrons. The van der Waals surface area contributed by atoms with Gasteiger partial charge in [-0.2, -0.15) is 0 Å². The van der Waals surface area contributed by atoms with Crippen molar-refractivity contribution in [3.63, 3.8) is 0 Å². The zero-order chi connectivity index (χ0) is 12.4. The quantitative estimate of drug-likeness (QED) is 0.536. The summed E-state index contributed by atoms with van der Waals surface area (Å²) in [6.07, 6.45) is 0.765. The highest BCUT2D eigenvalue weighted by atomic mass is 16.8. The van der Waals surface area contributed by atoms with Gasteiger partial charge in [0.2, 0.25) is 5.72 Å². The molecule has 0 aromatic rings. The third kappa shape index (κ3) is 2.50. The van der Waals surface area contributed by atoms with Gasteiger partial charge in [-0.3, -0.25) is 0 Å². The minimum Gasteiger partial charge on any atom is -0.480 e. The predicted octanol–water partition coefficient (Wildman–Crippen LogP) is 2.49. The number of epoxide rings is 1. The van der Waals surface area contributed by atoms with Gasteiger partial charge in [-0.25, -0.2) is 0 Å². The molecule has 1 saturated heterocycles. The van der Waals surface area contributed by atoms with Crippen molar-refractivity contribution in [2.75, 3.05) is 6.61 Å². The molecule has 0 spiro atoms. The lowest BCUT2D eigenvalue weighted by Gasteiger charge is -2.18. The third-order valence-electron chi connectivity index (χ3n) is 2.65. The number of hydrogen-bond donors (Lipinski definition) is 1. The molecule has 2 unspecified atom stereocenters. The molecule has 0 bridgehead atoms. The number of ether oxygens (including phenoxy) is 3. The van der Waals surface area contributed by atoms with Gasteiger partial charge in [0.05, 0.1) is 12.4 Å². The molecule has 0 amide bonds. The lowest BCUT2D eigenvalue weighted by atomic mass is 10.2. The molecule has 0 saturated carbocycles. The molecule has 1 aliphatic heterocycles. The fraction of sp³-hybridized carbons (Fsp3) is 0.667. The topological polar surface area (TPSA) is 43.0 Å². The summed E-state index contributed by atoms with van der Waals surface area (Å²) in [5, 5.41) is 3.05. The molecular weight excluding hydrogens is 206 g/mol. The summed E-state index contributed by atoms with van der Waals surface area (Å²) in [6, 6.07) is 0. The fourth-order valence-electron chi connectivity index (χ4n) is 1.45. The Morgan fingerprint density at radius 1 is 1.31 bits per heavy atom. The molecule has 0 aromatic carbocycles. The highest BCUT2D eigenvalue weighted by molar-refractivity contribution is 5.08. The Morgan fingerprint density at radius 3 is 2.44 bits per heavy atom. The number of rotatable bonds is 7. The maximum Gasteiger partial charge on any atom is 0.257 e. The van der Waals surface area contributed by atoms with E-state index in [4.69, 9.17) is 14.2 Å². The second kappa shape index (κ2) is 4.37. The van der Waals surface area contributed by atoms with Crippen molar-refractivity contribution in [2.45, 2.75) is 45.6 Å². The molecular formula is C12H21NO3. The molecule has 16 heavy (non-hydrogen) atoms. The van der Waals surface area contributed by atoms with E-state index in [-0.39, 0.29) is 0 Å². The van der Waals surface area contributed by atoms with E-state index in [0.29, 0.717) is 18.2 Å². The van der Waals surface area contributed by atoms with Gasteiger partial charge < -0.3 is 19.5 Å². The van der Waals surface area contributed by atoms with Crippen molar-refractivity contribution < 1.29 is 14.2 Å². The van der Waals surface area contributed by atoms with E-state index < -0.39 is 11.5 Å². The number of allylic oxidation sites excluding steroid dienone is 1. The summed E-state index contributed by atoms with van der Waals surface area (Å²) < 4.78 is 16.4. The molecule has 1 N–H and O–H groups in total. The average Bonchev–Trinajstić information content (AvgIpc) is 2.67. The molecule has 0 aromatic heterocycles. The van der Waals surface area contributed by atoms with Gasteiger partial charge in [0.15, 0.2) is 5.88 Å². The monoisotopic (exact) mass is 227 g/mol. The Morgan fingerprint density at radius 2 is 1.94 bits per heavy atom. The summed E-state index contributed by atoms with van der Waals surface area (Å²) in [6.45, 7) is 15.7. The van der Waals surface area contributed by atoms with Crippen LogP contribution in [0.5, 0.6) is 0 Å². The third-order valence-corrected chi connectivity index (χ3v) is 2.65. The van der Waals surface area contributed by atoms with Crippen LogP contribution >= 0.6 is 0 Å². The zero-order valence-corrected chi connectivity index (χ0v) is 10.6. The van der Waals surface area contributed by atoms with Crippen LogP contribution in [0, 0.1) is 0 Å². The van der Waals surface area contributed by atoms with Gasteiger partial charge in [-0.15, -0.1) is 0 Å². The van der Waals surface area contributed by atoms with E-state index >= 15 is 0 Å². The van der Waals surface area contributed by atoms with Gasteiger partial charge in [0, 0.05) is 13.3 Å². The smallest absolute Gasteiger partial charge is 0.257 e. The Balaban J connectivity index is 2.50. The minimum absolute atomic E-state index is 0.486. The Hall–Kier alpha value is -1.16. The van der Waals surface area contributed by atoms with Crippen LogP contribution in [0.3, 0.4) is 0 Å². The minimum atomic E-state index is -0.694. The predicted molar refractivity (Wildman–Crippen MR) is 62.3 cm³/mol. The van der Waals surface area contributed by atoms with Gasteiger partial charge in [-0.1, -0.05) is 13.5 Å². The van der Waals surface area contributed by atoms with E-state index in [1.165, 1.54) is 0 Å². The first-order valence-electron chi connectivity index (χ1n) is 5.53. The summed E-state index contributed by atoms with van der Waals surface area (Å²) in [5.74, 6) is 0.495. The van der Waals surface area contributed by atoms with Crippen molar-refractivity contribution in [3.8, 4) is 0 Å². The molecule has 4 heteroatoms. The van der Waals surface area contributed by atoms with Crippen LogP contribution in [0.25, 0.3) is 0 Å². The second-order valence-corrected chi connectivity index (χ2v) is 4.06. The second-order valence-electron chi connectivity index (χ2n) is 4.06. The van der Waals surface area contributed by atoms with Crippen LogP contribution in [0.1, 0.15) is 34.1 Å². The van der Waals surface area contributed by atoms with Crippen molar-refractivity contribution >= 4 is 0 Å². The molecule has 1 heterocycles. The van der Waals surface area contributed by atoms with Crippen molar-refractivity contribution in [1.29, 1.82) is 0 Å². The van der Waals surface area contributed by atoms with E-state index in [1.54, 1.807) is 0 Å². The maximum atomic E-state index is 5.62. The molecule has 1 aliphatic rings. The highest BCUT2D eigenvalue weighted by Gasteiger charge is 2.68. The Labute approximate surface area is 97.3 Å². The first-order valence-corrected chi connectivity index (χ1v) is 5.53. The van der Waals surface area contributed by atoms with Gasteiger partial charge in [-0.05, 0) is 20.4 Å². The van der Waals surface area contributed by atoms with Crippen LogP contribution in [-0.2, 0) is 14.2 Å². The molecule has 92 valence electrons. The largest absolute Gasteiger partial charge is 0.480 e. The van der Waals surface area contributed by atoms with Crippen molar-refractivity contribution in [1.82, 2.24) is 5.32 Å². The summed E-state index contributed by atoms with van der Waals surface area (Å²) >= 11 is 0. The summed E-state index contributed by atoms with van der Waals surface area (Å²) in [4.78, 5) is 0. The standard InChI is InChI=1S/C12H21NO3/c1-7-9(3)15-12(6)11(5,16-12)13-10(4)14-8-2/h13H,3-4,7-8H2,1-2,5-6H3. The normalized spacial score (nSPS) is 31.8. The lowest BCUT2D eigenvalue weighted by molar-refractivity contribution is 0.0136. The first-order chi connectivity index (χ1) is 7.37. The summed E-state index contributed by atoms with van der Waals surface area (Å²) in [5.41, 5.74) is -0.600. The molecule has 0 aliphatic carbocycles. The lowest BCUT2D eigenvalue weighted by Crippen LogP contribution is -2.37. The molecule has 1 fully saturated rings. The molecule has 2 atom stereocenters. The Kier molecular flexibility index (Phi) is 3.53. The van der Waals surface area contributed by atoms with Crippen molar-refractivity contribution in [2.24, 2.45) is 0 Å². The summed E-state index contributed by atoms with van der Waals surface area (Å²) in [7, 11) is 0. The SMILES string of the molecule is C=C(CC)OC1(C)OC1(C)NC(=C)OCC. The van der Waals surface area contributed by atoms with Crippen LogP contribution < -0.4 is 5.32 Å². The van der Waals surface area contributed by atoms with Gasteiger partial charge in [0.1, 0.15) is 0 Å². The average molecular weight is 227 g/mol. The van der Waals surface area contributed by atoms with Gasteiger partial charge in [0.25, 0.3) is 5.79 Å². The zero-order valence-electron chi connectivity index (χ0n) is 10.6. The highest BCUT2D eigenvalue weighted by Crippen LogP contribution is 2.48. The maximum absolute atomic E-state index is 5.62. The van der Waals surface area contributed by atoms with E-state index in [2.05, 4.69) is 18.5 Å². The van der Waals surface area contributed by atoms with Crippen LogP contribution in [0.15, 0.2) is 24.8 Å². The first kappa shape index (κ1) is 12.9. The Bertz CT molecular complexity index is 303. The van der Waals surface area contributed by atoms with E-state index in [0.717, 1.165) is 6.42 Å². The van der Waals surface area contributed by atoms with Crippen LogP contribution in [0.2, 0.25) is 0 Å². The van der Waals surface area contributed by atoms with E-state index in [1.807, 2.05) is 27.7 Å². The molecule has 4 nitrogen and oxygen atoms in total. The van der Waals surface area contributed by atoms with Crippen molar-refractivity contribution in [3.05, 3.63) is 24.8 Å².